The molecule has 5 nitrogen and oxygen atoms in total. The first-order valence-electron chi connectivity index (χ1n) is 6.55. The van der Waals surface area contributed by atoms with Crippen LogP contribution in [0.3, 0.4) is 0 Å². The zero-order chi connectivity index (χ0) is 11.8. The van der Waals surface area contributed by atoms with Gasteiger partial charge in [-0.3, -0.25) is 0 Å². The van der Waals surface area contributed by atoms with Crippen molar-refractivity contribution < 1.29 is 5.11 Å². The minimum Gasteiger partial charge on any atom is -0.385 e. The highest BCUT2D eigenvalue weighted by Crippen LogP contribution is 2.28. The zero-order valence-corrected chi connectivity index (χ0v) is 10.3. The van der Waals surface area contributed by atoms with Gasteiger partial charge in [0.25, 0.3) is 0 Å². The van der Waals surface area contributed by atoms with E-state index in [1.165, 1.54) is 19.4 Å². The van der Waals surface area contributed by atoms with Gasteiger partial charge in [-0.2, -0.15) is 5.10 Å². The maximum atomic E-state index is 9.89. The van der Waals surface area contributed by atoms with Gasteiger partial charge in [0.15, 0.2) is 11.6 Å². The van der Waals surface area contributed by atoms with Crippen molar-refractivity contribution in [3.8, 4) is 0 Å². The van der Waals surface area contributed by atoms with Gasteiger partial charge in [0.2, 0.25) is 0 Å². The monoisotopic (exact) mass is 236 g/mol. The third-order valence-corrected chi connectivity index (χ3v) is 3.85. The molecule has 1 fully saturated rings. The number of rotatable bonds is 1. The molecule has 0 aliphatic carbocycles. The molecule has 0 saturated carbocycles. The van der Waals surface area contributed by atoms with Crippen LogP contribution in [-0.4, -0.2) is 44.9 Å². The van der Waals surface area contributed by atoms with Crippen molar-refractivity contribution in [1.82, 2.24) is 19.7 Å². The molecule has 0 bridgehead atoms. The van der Waals surface area contributed by atoms with Crippen LogP contribution >= 0.6 is 0 Å². The minimum atomic E-state index is -0.411. The number of aliphatic hydroxyl groups excluding tert-OH is 1. The maximum absolute atomic E-state index is 9.89. The minimum absolute atomic E-state index is 0.411. The number of piperidine rings is 1. The van der Waals surface area contributed by atoms with Crippen LogP contribution < -0.4 is 0 Å². The Morgan fingerprint density at radius 2 is 2.06 bits per heavy atom. The quantitative estimate of drug-likeness (QED) is 0.787. The number of likely N-dealkylation sites (tertiary alicyclic amines) is 1. The fourth-order valence-corrected chi connectivity index (χ4v) is 2.90. The molecular weight excluding hydrogens is 216 g/mol. The molecule has 1 aromatic heterocycles. The number of likely N-dealkylation sites (N-methyl/N-ethyl adjacent to an activating group) is 1. The number of aliphatic hydroxyl groups is 1. The lowest BCUT2D eigenvalue weighted by molar-refractivity contribution is 0.130. The predicted molar refractivity (Wildman–Crippen MR) is 63.7 cm³/mol. The van der Waals surface area contributed by atoms with Gasteiger partial charge in [-0.1, -0.05) is 0 Å². The molecule has 17 heavy (non-hydrogen) atoms. The summed E-state index contributed by atoms with van der Waals surface area (Å²) in [5.41, 5.74) is 0. The summed E-state index contributed by atoms with van der Waals surface area (Å²) >= 11 is 0. The van der Waals surface area contributed by atoms with E-state index in [0.717, 1.165) is 37.6 Å². The van der Waals surface area contributed by atoms with Crippen LogP contribution in [0.4, 0.5) is 0 Å². The number of aryl methyl sites for hydroxylation is 1. The number of aromatic nitrogens is 3. The van der Waals surface area contributed by atoms with E-state index in [4.69, 9.17) is 0 Å². The van der Waals surface area contributed by atoms with Gasteiger partial charge in [0, 0.05) is 19.0 Å². The van der Waals surface area contributed by atoms with E-state index in [1.807, 2.05) is 4.68 Å². The van der Waals surface area contributed by atoms with Crippen molar-refractivity contribution in [3.05, 3.63) is 11.6 Å². The van der Waals surface area contributed by atoms with E-state index < -0.39 is 6.10 Å². The third kappa shape index (κ3) is 2.09. The number of hydrogen-bond donors (Lipinski definition) is 1. The van der Waals surface area contributed by atoms with Crippen molar-refractivity contribution in [3.63, 3.8) is 0 Å². The van der Waals surface area contributed by atoms with Crippen LogP contribution in [-0.2, 0) is 6.54 Å². The van der Waals surface area contributed by atoms with Gasteiger partial charge < -0.3 is 10.0 Å². The summed E-state index contributed by atoms with van der Waals surface area (Å²) < 4.78 is 1.90. The van der Waals surface area contributed by atoms with Crippen LogP contribution in [0, 0.1) is 0 Å². The second-order valence-corrected chi connectivity index (χ2v) is 5.31. The molecule has 0 amide bonds. The van der Waals surface area contributed by atoms with Crippen molar-refractivity contribution >= 4 is 0 Å². The lowest BCUT2D eigenvalue weighted by Crippen LogP contribution is -2.31. The highest BCUT2D eigenvalue weighted by Gasteiger charge is 2.27. The Bertz CT molecular complexity index is 403. The average molecular weight is 236 g/mol. The van der Waals surface area contributed by atoms with Crippen LogP contribution in [0.5, 0.6) is 0 Å². The van der Waals surface area contributed by atoms with E-state index >= 15 is 0 Å². The van der Waals surface area contributed by atoms with Crippen molar-refractivity contribution in [1.29, 1.82) is 0 Å². The zero-order valence-electron chi connectivity index (χ0n) is 10.3. The van der Waals surface area contributed by atoms with E-state index in [2.05, 4.69) is 22.0 Å². The second kappa shape index (κ2) is 4.38. The first kappa shape index (κ1) is 11.2. The topological polar surface area (TPSA) is 54.2 Å². The van der Waals surface area contributed by atoms with E-state index in [9.17, 15) is 5.11 Å². The molecule has 1 N–H and O–H groups in total. The number of fused-ring (bicyclic) bond motifs is 1. The van der Waals surface area contributed by atoms with Gasteiger partial charge >= 0.3 is 0 Å². The van der Waals surface area contributed by atoms with Gasteiger partial charge in [0.05, 0.1) is 0 Å². The SMILES string of the molecule is CN1CCCC(c2nc3n(n2)CCCC3O)C1. The van der Waals surface area contributed by atoms with Gasteiger partial charge in [-0.25, -0.2) is 9.67 Å². The first-order chi connectivity index (χ1) is 8.24. The smallest absolute Gasteiger partial charge is 0.156 e. The van der Waals surface area contributed by atoms with Crippen molar-refractivity contribution in [2.24, 2.45) is 0 Å². The van der Waals surface area contributed by atoms with Gasteiger partial charge in [0.1, 0.15) is 6.10 Å². The number of hydrogen-bond acceptors (Lipinski definition) is 4. The predicted octanol–water partition coefficient (Wildman–Crippen LogP) is 0.914. The molecule has 1 saturated heterocycles. The Balaban J connectivity index is 1.83. The average Bonchev–Trinajstić information content (AvgIpc) is 2.74. The van der Waals surface area contributed by atoms with Gasteiger partial charge in [-0.05, 0) is 39.3 Å². The molecule has 94 valence electrons. The summed E-state index contributed by atoms with van der Waals surface area (Å²) in [6, 6.07) is 0. The summed E-state index contributed by atoms with van der Waals surface area (Å²) in [5, 5.41) is 14.5. The molecular formula is C12H20N4O. The summed E-state index contributed by atoms with van der Waals surface area (Å²) in [7, 11) is 2.15. The summed E-state index contributed by atoms with van der Waals surface area (Å²) in [6.45, 7) is 3.12. The molecule has 0 aromatic carbocycles. The first-order valence-corrected chi connectivity index (χ1v) is 6.55. The summed E-state index contributed by atoms with van der Waals surface area (Å²) in [4.78, 5) is 6.90. The molecule has 0 spiro atoms. The lowest BCUT2D eigenvalue weighted by Gasteiger charge is -2.27. The molecule has 2 aliphatic heterocycles. The molecule has 2 unspecified atom stereocenters. The van der Waals surface area contributed by atoms with Crippen molar-refractivity contribution in [2.45, 2.75) is 44.2 Å². The van der Waals surface area contributed by atoms with Crippen LogP contribution in [0.1, 0.15) is 49.4 Å². The van der Waals surface area contributed by atoms with E-state index in [0.29, 0.717) is 5.92 Å². The van der Waals surface area contributed by atoms with Crippen LogP contribution in [0.25, 0.3) is 0 Å². The Morgan fingerprint density at radius 1 is 1.24 bits per heavy atom. The molecule has 2 atom stereocenters. The largest absolute Gasteiger partial charge is 0.385 e. The molecule has 0 radical (unpaired) electrons. The molecule has 2 aliphatic rings. The number of nitrogens with zero attached hydrogens (tertiary/aromatic N) is 4. The van der Waals surface area contributed by atoms with Crippen LogP contribution in [0.2, 0.25) is 0 Å². The Kier molecular flexibility index (Phi) is 2.88. The fourth-order valence-electron chi connectivity index (χ4n) is 2.90. The standard InChI is InChI=1S/C12H20N4O/c1-15-6-2-4-9(8-15)11-13-12-10(17)5-3-7-16(12)14-11/h9-10,17H,2-8H2,1H3. The second-order valence-electron chi connectivity index (χ2n) is 5.31. The molecule has 3 heterocycles. The lowest BCUT2D eigenvalue weighted by atomic mass is 9.98. The van der Waals surface area contributed by atoms with E-state index in [-0.39, 0.29) is 0 Å². The fraction of sp³-hybridized carbons (Fsp3) is 0.833. The normalized spacial score (nSPS) is 30.2. The Labute approximate surface area is 101 Å². The van der Waals surface area contributed by atoms with Crippen LogP contribution in [0.15, 0.2) is 0 Å². The maximum Gasteiger partial charge on any atom is 0.156 e. The molecule has 1 aromatic rings. The highest BCUT2D eigenvalue weighted by atomic mass is 16.3. The summed E-state index contributed by atoms with van der Waals surface area (Å²) in [6.07, 6.45) is 3.80. The molecule has 3 rings (SSSR count). The summed E-state index contributed by atoms with van der Waals surface area (Å²) in [5.74, 6) is 2.16. The Hall–Kier alpha value is -0.940. The highest BCUT2D eigenvalue weighted by molar-refractivity contribution is 5.05. The molecule has 5 heteroatoms. The Morgan fingerprint density at radius 3 is 2.82 bits per heavy atom. The van der Waals surface area contributed by atoms with Crippen molar-refractivity contribution in [2.75, 3.05) is 20.1 Å². The van der Waals surface area contributed by atoms with E-state index in [1.54, 1.807) is 0 Å². The third-order valence-electron chi connectivity index (χ3n) is 3.85. The van der Waals surface area contributed by atoms with Gasteiger partial charge in [-0.15, -0.1) is 0 Å².